The average molecular weight is 450 g/mol. The first-order valence-corrected chi connectivity index (χ1v) is 10.4. The van der Waals surface area contributed by atoms with E-state index < -0.39 is 0 Å². The first kappa shape index (κ1) is 22.3. The number of methoxy groups -OCH3 is 3. The van der Waals surface area contributed by atoms with Gasteiger partial charge in [-0.15, -0.1) is 0 Å². The number of hydrogen-bond acceptors (Lipinski definition) is 4. The third kappa shape index (κ3) is 4.85. The number of nitrogens with zero attached hydrogens (tertiary/aromatic N) is 1. The summed E-state index contributed by atoms with van der Waals surface area (Å²) in [4.78, 5) is 14.5. The van der Waals surface area contributed by atoms with E-state index in [1.807, 2.05) is 29.2 Å². The Morgan fingerprint density at radius 2 is 1.77 bits per heavy atom. The molecule has 0 aliphatic carbocycles. The monoisotopic (exact) mass is 449 g/mol. The Morgan fingerprint density at radius 1 is 1.07 bits per heavy atom. The summed E-state index contributed by atoms with van der Waals surface area (Å²) in [5, 5.41) is 1.03. The lowest BCUT2D eigenvalue weighted by Crippen LogP contribution is -2.34. The second-order valence-electron chi connectivity index (χ2n) is 6.94. The summed E-state index contributed by atoms with van der Waals surface area (Å²) < 4.78 is 16.4. The molecule has 0 atom stereocenters. The summed E-state index contributed by atoms with van der Waals surface area (Å²) in [6.07, 6.45) is 3.72. The highest BCUT2D eigenvalue weighted by Crippen LogP contribution is 2.41. The summed E-state index contributed by atoms with van der Waals surface area (Å²) in [6.45, 7) is 1.17. The number of hydrogen-bond donors (Lipinski definition) is 0. The van der Waals surface area contributed by atoms with Gasteiger partial charge in [0.15, 0.2) is 0 Å². The molecule has 3 rings (SSSR count). The summed E-state index contributed by atoms with van der Waals surface area (Å²) >= 11 is 12.3. The predicted molar refractivity (Wildman–Crippen MR) is 120 cm³/mol. The van der Waals surface area contributed by atoms with Crippen molar-refractivity contribution in [2.75, 3.05) is 34.4 Å². The molecule has 0 N–H and O–H groups in total. The largest absolute Gasteiger partial charge is 0.496 e. The second-order valence-corrected chi connectivity index (χ2v) is 7.72. The van der Waals surface area contributed by atoms with Crippen LogP contribution in [0.2, 0.25) is 10.0 Å². The average Bonchev–Trinajstić information content (AvgIpc) is 2.78. The van der Waals surface area contributed by atoms with Crippen LogP contribution in [-0.4, -0.2) is 45.2 Å². The lowest BCUT2D eigenvalue weighted by atomic mass is 9.97. The second kappa shape index (κ2) is 10.1. The van der Waals surface area contributed by atoms with E-state index in [9.17, 15) is 4.79 Å². The third-order valence-electron chi connectivity index (χ3n) is 5.24. The fourth-order valence-corrected chi connectivity index (χ4v) is 4.00. The maximum atomic E-state index is 12.7. The molecular weight excluding hydrogens is 425 g/mol. The van der Waals surface area contributed by atoms with Crippen LogP contribution in [0.1, 0.15) is 24.0 Å². The van der Waals surface area contributed by atoms with Crippen molar-refractivity contribution in [3.8, 4) is 17.2 Å². The molecule has 0 saturated carbocycles. The van der Waals surface area contributed by atoms with Crippen LogP contribution in [0, 0.1) is 0 Å². The van der Waals surface area contributed by atoms with E-state index in [0.717, 1.165) is 16.7 Å². The molecule has 1 aliphatic heterocycles. The van der Waals surface area contributed by atoms with E-state index in [1.54, 1.807) is 27.4 Å². The number of benzene rings is 2. The Hall–Kier alpha value is -2.37. The van der Waals surface area contributed by atoms with Gasteiger partial charge in [-0.05, 0) is 30.0 Å². The van der Waals surface area contributed by atoms with E-state index in [2.05, 4.69) is 6.08 Å². The number of carbonyl (C=O) groups excluding carboxylic acids is 1. The fourth-order valence-electron chi connectivity index (χ4n) is 3.59. The molecule has 1 aliphatic rings. The molecule has 7 heteroatoms. The van der Waals surface area contributed by atoms with E-state index >= 15 is 0 Å². The zero-order chi connectivity index (χ0) is 21.7. The van der Waals surface area contributed by atoms with E-state index in [-0.39, 0.29) is 5.91 Å². The molecule has 5 nitrogen and oxygen atoms in total. The molecule has 0 fully saturated rings. The minimum Gasteiger partial charge on any atom is -0.496 e. The van der Waals surface area contributed by atoms with Gasteiger partial charge >= 0.3 is 0 Å². The summed E-state index contributed by atoms with van der Waals surface area (Å²) in [6, 6.07) is 9.17. The fraction of sp³-hybridized carbons (Fsp3) is 0.348. The highest BCUT2D eigenvalue weighted by atomic mass is 35.5. The Bertz CT molecular complexity index is 933. The van der Waals surface area contributed by atoms with Gasteiger partial charge in [-0.2, -0.15) is 0 Å². The van der Waals surface area contributed by atoms with Crippen molar-refractivity contribution < 1.29 is 19.0 Å². The molecule has 2 aromatic rings. The molecule has 0 saturated heterocycles. The SMILES string of the molecule is COc1cc(OC)c(C2=CCN(C(=O)CCc3cccc(Cl)c3Cl)CC2)c(OC)c1. The molecule has 0 aromatic heterocycles. The van der Waals surface area contributed by atoms with Crippen LogP contribution in [0.25, 0.3) is 5.57 Å². The van der Waals surface area contributed by atoms with Crippen LogP contribution >= 0.6 is 23.2 Å². The van der Waals surface area contributed by atoms with Gasteiger partial charge in [-0.3, -0.25) is 4.79 Å². The van der Waals surface area contributed by atoms with Gasteiger partial charge in [-0.25, -0.2) is 0 Å². The van der Waals surface area contributed by atoms with E-state index in [0.29, 0.717) is 59.6 Å². The summed E-state index contributed by atoms with van der Waals surface area (Å²) in [5.41, 5.74) is 2.88. The predicted octanol–water partition coefficient (Wildman–Crippen LogP) is 5.27. The quantitative estimate of drug-likeness (QED) is 0.577. The first-order valence-electron chi connectivity index (χ1n) is 9.68. The molecule has 0 spiro atoms. The third-order valence-corrected chi connectivity index (χ3v) is 6.10. The van der Waals surface area contributed by atoms with Gasteiger partial charge in [0.1, 0.15) is 17.2 Å². The van der Waals surface area contributed by atoms with Crippen LogP contribution in [0.15, 0.2) is 36.4 Å². The minimum absolute atomic E-state index is 0.0926. The summed E-state index contributed by atoms with van der Waals surface area (Å²) in [5.74, 6) is 2.14. The molecule has 30 heavy (non-hydrogen) atoms. The van der Waals surface area contributed by atoms with Crippen LogP contribution in [0.3, 0.4) is 0 Å². The zero-order valence-corrected chi connectivity index (χ0v) is 18.8. The highest BCUT2D eigenvalue weighted by Gasteiger charge is 2.23. The van der Waals surface area contributed by atoms with Gasteiger partial charge in [0.2, 0.25) is 5.91 Å². The number of rotatable bonds is 7. The maximum Gasteiger partial charge on any atom is 0.223 e. The molecule has 0 unspecified atom stereocenters. The van der Waals surface area contributed by atoms with Gasteiger partial charge in [0.25, 0.3) is 0 Å². The van der Waals surface area contributed by atoms with Crippen molar-refractivity contribution >= 4 is 34.7 Å². The molecule has 2 aromatic carbocycles. The van der Waals surface area contributed by atoms with Gasteiger partial charge in [0, 0.05) is 31.6 Å². The Kier molecular flexibility index (Phi) is 7.51. The topological polar surface area (TPSA) is 48.0 Å². The molecule has 160 valence electrons. The number of halogens is 2. The first-order chi connectivity index (χ1) is 14.5. The van der Waals surface area contributed by atoms with Crippen LogP contribution < -0.4 is 14.2 Å². The van der Waals surface area contributed by atoms with Gasteiger partial charge in [-0.1, -0.05) is 41.4 Å². The van der Waals surface area contributed by atoms with Crippen LogP contribution in [0.4, 0.5) is 0 Å². The van der Waals surface area contributed by atoms with Crippen molar-refractivity contribution in [2.45, 2.75) is 19.3 Å². The molecule has 0 radical (unpaired) electrons. The Balaban J connectivity index is 1.70. The lowest BCUT2D eigenvalue weighted by molar-refractivity contribution is -0.130. The Morgan fingerprint density at radius 3 is 2.33 bits per heavy atom. The normalized spacial score (nSPS) is 13.6. The van der Waals surface area contributed by atoms with Crippen LogP contribution in [0.5, 0.6) is 17.2 Å². The minimum atomic E-state index is 0.0926. The van der Waals surface area contributed by atoms with Crippen molar-refractivity contribution in [3.63, 3.8) is 0 Å². The molecular formula is C23H25Cl2NO4. The van der Waals surface area contributed by atoms with E-state index in [4.69, 9.17) is 37.4 Å². The number of carbonyl (C=O) groups is 1. The van der Waals surface area contributed by atoms with Crippen LogP contribution in [-0.2, 0) is 11.2 Å². The van der Waals surface area contributed by atoms with Gasteiger partial charge in [0.05, 0.1) is 36.9 Å². The summed E-state index contributed by atoms with van der Waals surface area (Å²) in [7, 11) is 4.85. The maximum absolute atomic E-state index is 12.7. The Labute approximate surface area is 187 Å². The molecule has 1 heterocycles. The number of aryl methyl sites for hydroxylation is 1. The van der Waals surface area contributed by atoms with Crippen molar-refractivity contribution in [1.29, 1.82) is 0 Å². The standard InChI is InChI=1S/C23H25Cl2NO4/c1-28-17-13-19(29-2)22(20(14-17)30-3)15-9-11-26(12-10-15)21(27)8-7-16-5-4-6-18(24)23(16)25/h4-6,9,13-14H,7-8,10-12H2,1-3H3. The smallest absolute Gasteiger partial charge is 0.223 e. The highest BCUT2D eigenvalue weighted by molar-refractivity contribution is 6.42. The number of amides is 1. The lowest BCUT2D eigenvalue weighted by Gasteiger charge is -2.28. The molecule has 1 amide bonds. The molecule has 0 bridgehead atoms. The van der Waals surface area contributed by atoms with Crippen molar-refractivity contribution in [3.05, 3.63) is 57.6 Å². The van der Waals surface area contributed by atoms with E-state index in [1.165, 1.54) is 0 Å². The van der Waals surface area contributed by atoms with Gasteiger partial charge < -0.3 is 19.1 Å². The zero-order valence-electron chi connectivity index (χ0n) is 17.3. The van der Waals surface area contributed by atoms with Crippen molar-refractivity contribution in [2.24, 2.45) is 0 Å². The number of ether oxygens (including phenoxy) is 3. The van der Waals surface area contributed by atoms with Crippen molar-refractivity contribution in [1.82, 2.24) is 4.90 Å².